The second kappa shape index (κ2) is 4.38. The molecule has 2 heterocycles. The third-order valence-corrected chi connectivity index (χ3v) is 3.27. The number of amides is 1. The number of nitrogens with zero attached hydrogens (tertiary/aromatic N) is 4. The molecule has 1 aromatic heterocycles. The van der Waals surface area contributed by atoms with Crippen molar-refractivity contribution in [2.75, 3.05) is 12.3 Å². The van der Waals surface area contributed by atoms with Crippen molar-refractivity contribution in [3.63, 3.8) is 0 Å². The van der Waals surface area contributed by atoms with Crippen LogP contribution in [-0.4, -0.2) is 32.1 Å². The van der Waals surface area contributed by atoms with Crippen molar-refractivity contribution in [2.24, 2.45) is 0 Å². The lowest BCUT2D eigenvalue weighted by Crippen LogP contribution is -2.38. The maximum atomic E-state index is 12.4. The zero-order valence-electron chi connectivity index (χ0n) is 10.7. The van der Waals surface area contributed by atoms with E-state index in [2.05, 4.69) is 10.2 Å². The Kier molecular flexibility index (Phi) is 2.70. The summed E-state index contributed by atoms with van der Waals surface area (Å²) in [6.07, 6.45) is 1.70. The first-order chi connectivity index (χ1) is 9.13. The molecule has 1 aromatic carbocycles. The molecule has 0 atom stereocenters. The van der Waals surface area contributed by atoms with Crippen LogP contribution < -0.4 is 5.73 Å². The molecule has 2 aromatic rings. The Morgan fingerprint density at radius 2 is 2.16 bits per heavy atom. The van der Waals surface area contributed by atoms with Crippen LogP contribution in [0.25, 0.3) is 0 Å². The SMILES string of the molecule is Cc1cc(N)cc(C(=O)N2CCn3cnnc3C2)c1. The summed E-state index contributed by atoms with van der Waals surface area (Å²) in [4.78, 5) is 14.2. The summed E-state index contributed by atoms with van der Waals surface area (Å²) in [7, 11) is 0. The van der Waals surface area contributed by atoms with Crippen molar-refractivity contribution in [1.29, 1.82) is 0 Å². The Balaban J connectivity index is 1.85. The van der Waals surface area contributed by atoms with Gasteiger partial charge in [-0.2, -0.15) is 0 Å². The summed E-state index contributed by atoms with van der Waals surface area (Å²) in [6, 6.07) is 5.43. The predicted octanol–water partition coefficient (Wildman–Crippen LogP) is 0.825. The van der Waals surface area contributed by atoms with Gasteiger partial charge in [0.1, 0.15) is 6.33 Å². The van der Waals surface area contributed by atoms with Crippen LogP contribution in [0.15, 0.2) is 24.5 Å². The lowest BCUT2D eigenvalue weighted by atomic mass is 10.1. The van der Waals surface area contributed by atoms with E-state index in [4.69, 9.17) is 5.73 Å². The van der Waals surface area contributed by atoms with E-state index in [9.17, 15) is 4.79 Å². The number of nitrogen functional groups attached to an aromatic ring is 1. The normalized spacial score (nSPS) is 14.3. The van der Waals surface area contributed by atoms with Crippen molar-refractivity contribution >= 4 is 11.6 Å². The number of hydrogen-bond donors (Lipinski definition) is 1. The molecule has 0 bridgehead atoms. The van der Waals surface area contributed by atoms with Crippen LogP contribution in [0, 0.1) is 6.92 Å². The van der Waals surface area contributed by atoms with E-state index in [1.807, 2.05) is 23.6 Å². The number of benzene rings is 1. The Morgan fingerprint density at radius 3 is 2.95 bits per heavy atom. The largest absolute Gasteiger partial charge is 0.399 e. The first kappa shape index (κ1) is 11.7. The molecule has 2 N–H and O–H groups in total. The smallest absolute Gasteiger partial charge is 0.254 e. The van der Waals surface area contributed by atoms with E-state index >= 15 is 0 Å². The van der Waals surface area contributed by atoms with Gasteiger partial charge in [0.15, 0.2) is 5.82 Å². The molecule has 0 saturated carbocycles. The van der Waals surface area contributed by atoms with Crippen molar-refractivity contribution in [1.82, 2.24) is 19.7 Å². The van der Waals surface area contributed by atoms with Gasteiger partial charge >= 0.3 is 0 Å². The van der Waals surface area contributed by atoms with E-state index in [1.54, 1.807) is 17.3 Å². The highest BCUT2D eigenvalue weighted by Crippen LogP contribution is 2.16. The molecule has 6 heteroatoms. The Bertz CT molecular complexity index is 613. The zero-order chi connectivity index (χ0) is 13.4. The number of nitrogens with two attached hydrogens (primary N) is 1. The monoisotopic (exact) mass is 257 g/mol. The number of aromatic nitrogens is 3. The van der Waals surface area contributed by atoms with Crippen LogP contribution >= 0.6 is 0 Å². The van der Waals surface area contributed by atoms with Crippen molar-refractivity contribution < 1.29 is 4.79 Å². The van der Waals surface area contributed by atoms with E-state index in [0.717, 1.165) is 17.9 Å². The highest BCUT2D eigenvalue weighted by molar-refractivity contribution is 5.95. The predicted molar refractivity (Wildman–Crippen MR) is 70.4 cm³/mol. The molecule has 0 radical (unpaired) electrons. The van der Waals surface area contributed by atoms with Gasteiger partial charge < -0.3 is 15.2 Å². The maximum absolute atomic E-state index is 12.4. The number of rotatable bonds is 1. The molecule has 0 unspecified atom stereocenters. The maximum Gasteiger partial charge on any atom is 0.254 e. The average Bonchev–Trinajstić information content (AvgIpc) is 2.83. The van der Waals surface area contributed by atoms with E-state index in [-0.39, 0.29) is 5.91 Å². The molecule has 1 aliphatic rings. The summed E-state index contributed by atoms with van der Waals surface area (Å²) in [6.45, 7) is 3.82. The van der Waals surface area contributed by atoms with Gasteiger partial charge in [0.25, 0.3) is 5.91 Å². The van der Waals surface area contributed by atoms with Gasteiger partial charge in [-0.25, -0.2) is 0 Å². The summed E-state index contributed by atoms with van der Waals surface area (Å²) in [5.41, 5.74) is 8.02. The molecule has 19 heavy (non-hydrogen) atoms. The van der Waals surface area contributed by atoms with Crippen molar-refractivity contribution in [2.45, 2.75) is 20.0 Å². The minimum atomic E-state index is -0.00958. The fraction of sp³-hybridized carbons (Fsp3) is 0.308. The van der Waals surface area contributed by atoms with Crippen LogP contribution in [0.5, 0.6) is 0 Å². The highest BCUT2D eigenvalue weighted by Gasteiger charge is 2.23. The van der Waals surface area contributed by atoms with Crippen LogP contribution in [-0.2, 0) is 13.1 Å². The van der Waals surface area contributed by atoms with E-state index < -0.39 is 0 Å². The Morgan fingerprint density at radius 1 is 1.32 bits per heavy atom. The first-order valence-corrected chi connectivity index (χ1v) is 6.16. The lowest BCUT2D eigenvalue weighted by molar-refractivity contribution is 0.0707. The summed E-state index contributed by atoms with van der Waals surface area (Å²) < 4.78 is 1.97. The van der Waals surface area contributed by atoms with Gasteiger partial charge in [0, 0.05) is 24.3 Å². The van der Waals surface area contributed by atoms with Gasteiger partial charge in [0.2, 0.25) is 0 Å². The molecule has 0 fully saturated rings. The summed E-state index contributed by atoms with van der Waals surface area (Å²) in [5, 5.41) is 7.87. The first-order valence-electron chi connectivity index (χ1n) is 6.16. The number of carbonyl (C=O) groups excluding carboxylic acids is 1. The van der Waals surface area contributed by atoms with Gasteiger partial charge in [-0.15, -0.1) is 10.2 Å². The zero-order valence-corrected chi connectivity index (χ0v) is 10.7. The van der Waals surface area contributed by atoms with Gasteiger partial charge in [-0.05, 0) is 30.7 Å². The second-order valence-corrected chi connectivity index (χ2v) is 4.80. The topological polar surface area (TPSA) is 77.0 Å². The Labute approximate surface area is 110 Å². The summed E-state index contributed by atoms with van der Waals surface area (Å²) >= 11 is 0. The highest BCUT2D eigenvalue weighted by atomic mass is 16.2. The molecule has 1 amide bonds. The molecular formula is C13H15N5O. The van der Waals surface area contributed by atoms with Crippen LogP contribution in [0.3, 0.4) is 0 Å². The second-order valence-electron chi connectivity index (χ2n) is 4.80. The third kappa shape index (κ3) is 2.16. The molecule has 0 saturated heterocycles. The average molecular weight is 257 g/mol. The molecule has 3 rings (SSSR count). The minimum Gasteiger partial charge on any atom is -0.399 e. The van der Waals surface area contributed by atoms with E-state index in [0.29, 0.717) is 24.3 Å². The van der Waals surface area contributed by atoms with E-state index in [1.165, 1.54) is 0 Å². The van der Waals surface area contributed by atoms with Gasteiger partial charge in [-0.1, -0.05) is 0 Å². The number of anilines is 1. The molecule has 0 aliphatic carbocycles. The standard InChI is InChI=1S/C13H15N5O/c1-9-4-10(6-11(14)5-9)13(19)17-2-3-18-8-15-16-12(18)7-17/h4-6,8H,2-3,7,14H2,1H3. The molecule has 0 spiro atoms. The third-order valence-electron chi connectivity index (χ3n) is 3.27. The molecule has 1 aliphatic heterocycles. The van der Waals surface area contributed by atoms with Crippen LogP contribution in [0.4, 0.5) is 5.69 Å². The fourth-order valence-electron chi connectivity index (χ4n) is 2.36. The number of aryl methyl sites for hydroxylation is 1. The van der Waals surface area contributed by atoms with Crippen molar-refractivity contribution in [3.8, 4) is 0 Å². The van der Waals surface area contributed by atoms with Crippen LogP contribution in [0.2, 0.25) is 0 Å². The Hall–Kier alpha value is -2.37. The van der Waals surface area contributed by atoms with Crippen LogP contribution in [0.1, 0.15) is 21.7 Å². The van der Waals surface area contributed by atoms with Crippen molar-refractivity contribution in [3.05, 3.63) is 41.5 Å². The summed E-state index contributed by atoms with van der Waals surface area (Å²) in [5.74, 6) is 0.810. The quantitative estimate of drug-likeness (QED) is 0.767. The fourth-order valence-corrected chi connectivity index (χ4v) is 2.36. The molecule has 98 valence electrons. The van der Waals surface area contributed by atoms with Gasteiger partial charge in [-0.3, -0.25) is 4.79 Å². The number of hydrogen-bond acceptors (Lipinski definition) is 4. The number of fused-ring (bicyclic) bond motifs is 1. The molecular weight excluding hydrogens is 242 g/mol. The van der Waals surface area contributed by atoms with Gasteiger partial charge in [0.05, 0.1) is 6.54 Å². The molecule has 6 nitrogen and oxygen atoms in total. The number of carbonyl (C=O) groups is 1. The lowest BCUT2D eigenvalue weighted by Gasteiger charge is -2.27. The minimum absolute atomic E-state index is 0.00958.